The van der Waals surface area contributed by atoms with Gasteiger partial charge in [-0.25, -0.2) is 9.97 Å². The van der Waals surface area contributed by atoms with E-state index in [0.29, 0.717) is 24.1 Å². The lowest BCUT2D eigenvalue weighted by Gasteiger charge is -2.25. The van der Waals surface area contributed by atoms with Crippen molar-refractivity contribution < 1.29 is 9.59 Å². The Labute approximate surface area is 129 Å². The van der Waals surface area contributed by atoms with Crippen molar-refractivity contribution in [3.05, 3.63) is 23.8 Å². The van der Waals surface area contributed by atoms with Crippen LogP contribution in [0.15, 0.2) is 12.3 Å². The molecule has 0 spiro atoms. The Kier molecular flexibility index (Phi) is 3.13. The predicted molar refractivity (Wildman–Crippen MR) is 78.9 cm³/mol. The fourth-order valence-corrected chi connectivity index (χ4v) is 4.06. The van der Waals surface area contributed by atoms with Crippen LogP contribution in [0.1, 0.15) is 54.3 Å². The van der Waals surface area contributed by atoms with Gasteiger partial charge in [-0.1, -0.05) is 6.42 Å². The number of hydrogen-bond donors (Lipinski definition) is 1. The first-order valence-electron chi connectivity index (χ1n) is 8.08. The summed E-state index contributed by atoms with van der Waals surface area (Å²) in [5.74, 6) is 1.22. The normalized spacial score (nSPS) is 30.4. The second-order valence-corrected chi connectivity index (χ2v) is 6.73. The molecule has 6 nitrogen and oxygen atoms in total. The van der Waals surface area contributed by atoms with Gasteiger partial charge in [0.2, 0.25) is 5.91 Å². The van der Waals surface area contributed by atoms with Gasteiger partial charge in [-0.15, -0.1) is 0 Å². The number of carbonyl (C=O) groups excluding carboxylic acids is 2. The number of rotatable bonds is 3. The van der Waals surface area contributed by atoms with Crippen LogP contribution in [0.3, 0.4) is 0 Å². The maximum atomic E-state index is 12.8. The van der Waals surface area contributed by atoms with Gasteiger partial charge in [0.05, 0.1) is 0 Å². The summed E-state index contributed by atoms with van der Waals surface area (Å²) in [6.45, 7) is 0.625. The quantitative estimate of drug-likeness (QED) is 0.904. The molecule has 116 valence electrons. The molecule has 2 saturated carbocycles. The predicted octanol–water partition coefficient (Wildman–Crippen LogP) is 1.08. The van der Waals surface area contributed by atoms with E-state index < -0.39 is 6.04 Å². The van der Waals surface area contributed by atoms with E-state index >= 15 is 0 Å². The van der Waals surface area contributed by atoms with E-state index in [4.69, 9.17) is 5.73 Å². The molecule has 3 fully saturated rings. The number of fused-ring (bicyclic) bond motifs is 1. The highest BCUT2D eigenvalue weighted by Crippen LogP contribution is 2.42. The molecule has 6 heteroatoms. The number of carbonyl (C=O) groups is 2. The Balaban J connectivity index is 1.61. The minimum absolute atomic E-state index is 0.178. The van der Waals surface area contributed by atoms with Crippen LogP contribution in [0.2, 0.25) is 0 Å². The monoisotopic (exact) mass is 300 g/mol. The van der Waals surface area contributed by atoms with E-state index in [1.54, 1.807) is 17.2 Å². The summed E-state index contributed by atoms with van der Waals surface area (Å²) in [6, 6.07) is 1.17. The molecule has 1 aromatic rings. The van der Waals surface area contributed by atoms with E-state index in [1.165, 1.54) is 0 Å². The van der Waals surface area contributed by atoms with E-state index in [1.807, 2.05) is 0 Å². The van der Waals surface area contributed by atoms with Crippen molar-refractivity contribution in [3.8, 4) is 0 Å². The molecular weight excluding hydrogens is 280 g/mol. The first kappa shape index (κ1) is 13.7. The largest absolute Gasteiger partial charge is 0.368 e. The highest BCUT2D eigenvalue weighted by Gasteiger charge is 2.49. The smallest absolute Gasteiger partial charge is 0.273 e. The lowest BCUT2D eigenvalue weighted by Crippen LogP contribution is -2.46. The Bertz CT molecular complexity index is 628. The van der Waals surface area contributed by atoms with Crippen molar-refractivity contribution >= 4 is 11.8 Å². The molecule has 1 aliphatic heterocycles. The summed E-state index contributed by atoms with van der Waals surface area (Å²) < 4.78 is 0. The van der Waals surface area contributed by atoms with Gasteiger partial charge in [0.25, 0.3) is 5.91 Å². The highest BCUT2D eigenvalue weighted by molar-refractivity contribution is 5.96. The van der Waals surface area contributed by atoms with Gasteiger partial charge < -0.3 is 10.6 Å². The van der Waals surface area contributed by atoms with Gasteiger partial charge >= 0.3 is 0 Å². The van der Waals surface area contributed by atoms with Crippen molar-refractivity contribution in [2.45, 2.75) is 44.1 Å². The van der Waals surface area contributed by atoms with Crippen LogP contribution in [0, 0.1) is 11.8 Å². The maximum Gasteiger partial charge on any atom is 0.273 e. The number of likely N-dealkylation sites (tertiary alicyclic amines) is 1. The molecule has 2 heterocycles. The second kappa shape index (κ2) is 5.04. The van der Waals surface area contributed by atoms with Crippen molar-refractivity contribution in [2.24, 2.45) is 17.6 Å². The van der Waals surface area contributed by atoms with Gasteiger partial charge in [0.1, 0.15) is 17.6 Å². The number of nitrogens with two attached hydrogens (primary N) is 1. The minimum atomic E-state index is -0.473. The van der Waals surface area contributed by atoms with Gasteiger partial charge in [0, 0.05) is 18.7 Å². The summed E-state index contributed by atoms with van der Waals surface area (Å²) in [5, 5.41) is 0. The van der Waals surface area contributed by atoms with Crippen LogP contribution in [0.4, 0.5) is 0 Å². The van der Waals surface area contributed by atoms with Crippen molar-refractivity contribution in [1.29, 1.82) is 0 Å². The van der Waals surface area contributed by atoms with E-state index in [9.17, 15) is 9.59 Å². The average molecular weight is 300 g/mol. The zero-order chi connectivity index (χ0) is 15.3. The van der Waals surface area contributed by atoms with Crippen molar-refractivity contribution in [2.75, 3.05) is 6.54 Å². The lowest BCUT2D eigenvalue weighted by molar-refractivity contribution is -0.122. The Morgan fingerprint density at radius 3 is 2.77 bits per heavy atom. The van der Waals surface area contributed by atoms with E-state index in [-0.39, 0.29) is 17.7 Å². The molecule has 0 aromatic carbocycles. The van der Waals surface area contributed by atoms with E-state index in [2.05, 4.69) is 9.97 Å². The first-order chi connectivity index (χ1) is 10.6. The third kappa shape index (κ3) is 2.17. The second-order valence-electron chi connectivity index (χ2n) is 6.73. The molecule has 2 aliphatic carbocycles. The van der Waals surface area contributed by atoms with Gasteiger partial charge in [-0.05, 0) is 43.6 Å². The standard InChI is InChI=1S/C16H20N4O2/c17-14(21)13-11-3-1-2-10(11)8-20(13)16(22)12-6-7-18-15(19-12)9-4-5-9/h6-7,9-11,13H,1-5,8H2,(H2,17,21). The molecule has 3 atom stereocenters. The van der Waals surface area contributed by atoms with Crippen LogP contribution < -0.4 is 5.73 Å². The van der Waals surface area contributed by atoms with Crippen LogP contribution in [-0.4, -0.2) is 39.3 Å². The van der Waals surface area contributed by atoms with Crippen LogP contribution in [-0.2, 0) is 4.79 Å². The summed E-state index contributed by atoms with van der Waals surface area (Å²) in [6.07, 6.45) is 7.02. The molecule has 3 aliphatic rings. The van der Waals surface area contributed by atoms with Crippen molar-refractivity contribution in [1.82, 2.24) is 14.9 Å². The lowest BCUT2D eigenvalue weighted by atomic mass is 9.94. The molecule has 1 aromatic heterocycles. The number of hydrogen-bond acceptors (Lipinski definition) is 4. The molecule has 0 bridgehead atoms. The maximum absolute atomic E-state index is 12.8. The zero-order valence-corrected chi connectivity index (χ0v) is 12.4. The molecule has 2 N–H and O–H groups in total. The molecule has 22 heavy (non-hydrogen) atoms. The topological polar surface area (TPSA) is 89.2 Å². The number of aromatic nitrogens is 2. The SMILES string of the molecule is NC(=O)C1C2CCCC2CN1C(=O)c1ccnc(C2CC2)n1. The molecule has 4 rings (SSSR count). The Morgan fingerprint density at radius 2 is 2.05 bits per heavy atom. The van der Waals surface area contributed by atoms with Gasteiger partial charge in [-0.2, -0.15) is 0 Å². The number of nitrogens with zero attached hydrogens (tertiary/aromatic N) is 3. The average Bonchev–Trinajstić information content (AvgIpc) is 3.15. The Hall–Kier alpha value is -1.98. The molecule has 3 unspecified atom stereocenters. The zero-order valence-electron chi connectivity index (χ0n) is 12.4. The first-order valence-corrected chi connectivity index (χ1v) is 8.08. The number of primary amides is 1. The molecule has 2 amide bonds. The fraction of sp³-hybridized carbons (Fsp3) is 0.625. The van der Waals surface area contributed by atoms with Crippen molar-refractivity contribution in [3.63, 3.8) is 0 Å². The van der Waals surface area contributed by atoms with E-state index in [0.717, 1.165) is 37.9 Å². The summed E-state index contributed by atoms with van der Waals surface area (Å²) in [5.41, 5.74) is 5.97. The summed E-state index contributed by atoms with van der Waals surface area (Å²) in [7, 11) is 0. The third-order valence-corrected chi connectivity index (χ3v) is 5.28. The van der Waals surface area contributed by atoms with Crippen LogP contribution in [0.25, 0.3) is 0 Å². The Morgan fingerprint density at radius 1 is 1.23 bits per heavy atom. The van der Waals surface area contributed by atoms with Gasteiger partial charge in [0.15, 0.2) is 0 Å². The number of amides is 2. The highest BCUT2D eigenvalue weighted by atomic mass is 16.2. The van der Waals surface area contributed by atoms with Crippen LogP contribution >= 0.6 is 0 Å². The summed E-state index contributed by atoms with van der Waals surface area (Å²) in [4.78, 5) is 35.0. The van der Waals surface area contributed by atoms with Gasteiger partial charge in [-0.3, -0.25) is 9.59 Å². The molecule has 0 radical (unpaired) electrons. The summed E-state index contributed by atoms with van der Waals surface area (Å²) >= 11 is 0. The fourth-order valence-electron chi connectivity index (χ4n) is 4.06. The third-order valence-electron chi connectivity index (χ3n) is 5.28. The molecular formula is C16H20N4O2. The minimum Gasteiger partial charge on any atom is -0.368 e. The van der Waals surface area contributed by atoms with Crippen LogP contribution in [0.5, 0.6) is 0 Å². The molecule has 1 saturated heterocycles.